The number of likely N-dealkylation sites (N-methyl/N-ethyl adjacent to an activating group) is 1. The van der Waals surface area contributed by atoms with Crippen LogP contribution in [0.2, 0.25) is 0 Å². The molecule has 1 aliphatic heterocycles. The summed E-state index contributed by atoms with van der Waals surface area (Å²) in [5, 5.41) is 2.84. The van der Waals surface area contributed by atoms with E-state index in [9.17, 15) is 9.59 Å². The molecule has 3 aromatic rings. The normalized spacial score (nSPS) is 14.4. The molecule has 8 heteroatoms. The summed E-state index contributed by atoms with van der Waals surface area (Å²) >= 11 is 0. The van der Waals surface area contributed by atoms with E-state index in [0.29, 0.717) is 41.5 Å². The zero-order valence-corrected chi connectivity index (χ0v) is 19.9. The molecule has 0 spiro atoms. The number of ether oxygens (including phenoxy) is 4. The minimum atomic E-state index is -0.363. The van der Waals surface area contributed by atoms with Gasteiger partial charge < -0.3 is 29.2 Å². The second kappa shape index (κ2) is 10.8. The number of fused-ring (bicyclic) bond motifs is 1. The van der Waals surface area contributed by atoms with E-state index >= 15 is 0 Å². The van der Waals surface area contributed by atoms with Crippen molar-refractivity contribution in [2.24, 2.45) is 0 Å². The summed E-state index contributed by atoms with van der Waals surface area (Å²) in [7, 11) is 4.88. The average Bonchev–Trinajstić information content (AvgIpc) is 2.88. The van der Waals surface area contributed by atoms with Crippen molar-refractivity contribution < 1.29 is 28.5 Å². The van der Waals surface area contributed by atoms with Crippen LogP contribution in [0.1, 0.15) is 15.9 Å². The molecule has 3 aromatic carbocycles. The van der Waals surface area contributed by atoms with E-state index in [1.54, 1.807) is 42.5 Å². The van der Waals surface area contributed by atoms with E-state index in [0.717, 1.165) is 11.4 Å². The lowest BCUT2D eigenvalue weighted by molar-refractivity contribution is -0.139. The Morgan fingerprint density at radius 2 is 1.83 bits per heavy atom. The number of nitrogens with one attached hydrogen (secondary N) is 1. The average molecular weight is 477 g/mol. The highest BCUT2D eigenvalue weighted by molar-refractivity contribution is 6.05. The van der Waals surface area contributed by atoms with Crippen molar-refractivity contribution in [3.63, 3.8) is 0 Å². The van der Waals surface area contributed by atoms with Crippen LogP contribution >= 0.6 is 0 Å². The van der Waals surface area contributed by atoms with Crippen LogP contribution in [0.25, 0.3) is 0 Å². The summed E-state index contributed by atoms with van der Waals surface area (Å²) in [5.74, 6) is 1.31. The first-order chi connectivity index (χ1) is 17.0. The van der Waals surface area contributed by atoms with Crippen molar-refractivity contribution in [2.75, 3.05) is 44.6 Å². The second-order valence-corrected chi connectivity index (χ2v) is 8.17. The molecule has 0 aromatic heterocycles. The Bertz CT molecular complexity index is 1190. The number of hydrogen-bond donors (Lipinski definition) is 1. The summed E-state index contributed by atoms with van der Waals surface area (Å²) in [6.07, 6.45) is -0.0100. The van der Waals surface area contributed by atoms with Crippen molar-refractivity contribution >= 4 is 23.3 Å². The number of anilines is 2. The smallest absolute Gasteiger partial charge is 0.309 e. The Labute approximate surface area is 204 Å². The third-order valence-electron chi connectivity index (χ3n) is 5.69. The Morgan fingerprint density at radius 1 is 1.06 bits per heavy atom. The number of carbonyl (C=O) groups is 2. The summed E-state index contributed by atoms with van der Waals surface area (Å²) < 4.78 is 22.0. The topological polar surface area (TPSA) is 86.3 Å². The number of rotatable bonds is 8. The van der Waals surface area contributed by atoms with Gasteiger partial charge in [0.05, 0.1) is 38.6 Å². The summed E-state index contributed by atoms with van der Waals surface area (Å²) in [4.78, 5) is 26.5. The molecule has 1 amide bonds. The number of benzene rings is 3. The molecule has 0 unspecified atom stereocenters. The Balaban J connectivity index is 1.36. The molecule has 35 heavy (non-hydrogen) atoms. The van der Waals surface area contributed by atoms with Gasteiger partial charge in [-0.05, 0) is 54.1 Å². The van der Waals surface area contributed by atoms with Crippen molar-refractivity contribution in [1.82, 2.24) is 0 Å². The lowest BCUT2D eigenvalue weighted by Gasteiger charge is -2.33. The van der Waals surface area contributed by atoms with E-state index < -0.39 is 0 Å². The van der Waals surface area contributed by atoms with Gasteiger partial charge in [0.1, 0.15) is 30.0 Å². The quantitative estimate of drug-likeness (QED) is 0.493. The lowest BCUT2D eigenvalue weighted by atomic mass is 10.1. The van der Waals surface area contributed by atoms with Gasteiger partial charge in [-0.2, -0.15) is 0 Å². The van der Waals surface area contributed by atoms with Gasteiger partial charge in [0, 0.05) is 12.6 Å². The third kappa shape index (κ3) is 5.84. The Hall–Kier alpha value is -4.20. The van der Waals surface area contributed by atoms with Crippen LogP contribution in [0.3, 0.4) is 0 Å². The highest BCUT2D eigenvalue weighted by Gasteiger charge is 2.23. The first kappa shape index (κ1) is 23.9. The van der Waals surface area contributed by atoms with Crippen LogP contribution in [-0.4, -0.2) is 52.4 Å². The van der Waals surface area contributed by atoms with Gasteiger partial charge in [0.15, 0.2) is 0 Å². The SMILES string of the molecule is COC(=O)Cc1ccc(OC)c(NC(=O)c2ccc(OC[C@@H]3CN(C)c4ccccc4O3)cc2)c1. The van der Waals surface area contributed by atoms with Crippen molar-refractivity contribution in [1.29, 1.82) is 0 Å². The molecule has 0 bridgehead atoms. The van der Waals surface area contributed by atoms with E-state index in [4.69, 9.17) is 18.9 Å². The lowest BCUT2D eigenvalue weighted by Crippen LogP contribution is -2.41. The second-order valence-electron chi connectivity index (χ2n) is 8.17. The maximum absolute atomic E-state index is 12.8. The summed E-state index contributed by atoms with van der Waals surface area (Å²) in [5.41, 5.74) is 2.69. The van der Waals surface area contributed by atoms with Crippen molar-refractivity contribution in [3.05, 3.63) is 77.9 Å². The van der Waals surface area contributed by atoms with Gasteiger partial charge in [-0.15, -0.1) is 0 Å². The van der Waals surface area contributed by atoms with Gasteiger partial charge >= 0.3 is 5.97 Å². The molecular formula is C27H28N2O6. The Morgan fingerprint density at radius 3 is 2.57 bits per heavy atom. The maximum Gasteiger partial charge on any atom is 0.309 e. The molecule has 8 nitrogen and oxygen atoms in total. The minimum Gasteiger partial charge on any atom is -0.495 e. The number of para-hydroxylation sites is 2. The molecule has 4 rings (SSSR count). The predicted molar refractivity (Wildman–Crippen MR) is 133 cm³/mol. The number of nitrogens with zero attached hydrogens (tertiary/aromatic N) is 1. The zero-order chi connectivity index (χ0) is 24.8. The van der Waals surface area contributed by atoms with Gasteiger partial charge in [-0.1, -0.05) is 18.2 Å². The molecule has 1 heterocycles. The summed E-state index contributed by atoms with van der Waals surface area (Å²) in [6, 6.07) is 20.0. The van der Waals surface area contributed by atoms with Gasteiger partial charge in [0.25, 0.3) is 5.91 Å². The van der Waals surface area contributed by atoms with Crippen LogP contribution in [0, 0.1) is 0 Å². The molecule has 1 atom stereocenters. The van der Waals surface area contributed by atoms with Crippen LogP contribution in [0.5, 0.6) is 17.2 Å². The van der Waals surface area contributed by atoms with Crippen molar-refractivity contribution in [2.45, 2.75) is 12.5 Å². The molecular weight excluding hydrogens is 448 g/mol. The molecule has 1 aliphatic rings. The first-order valence-electron chi connectivity index (χ1n) is 11.2. The summed E-state index contributed by atoms with van der Waals surface area (Å²) in [6.45, 7) is 1.10. The van der Waals surface area contributed by atoms with Gasteiger partial charge in [-0.3, -0.25) is 9.59 Å². The number of esters is 1. The monoisotopic (exact) mass is 476 g/mol. The number of hydrogen-bond acceptors (Lipinski definition) is 7. The van der Waals surface area contributed by atoms with Crippen LogP contribution in [-0.2, 0) is 16.0 Å². The number of methoxy groups -OCH3 is 2. The third-order valence-corrected chi connectivity index (χ3v) is 5.69. The number of amides is 1. The van der Waals surface area contributed by atoms with E-state index in [-0.39, 0.29) is 24.4 Å². The highest BCUT2D eigenvalue weighted by Crippen LogP contribution is 2.32. The molecule has 0 saturated carbocycles. The van der Waals surface area contributed by atoms with Gasteiger partial charge in [0.2, 0.25) is 0 Å². The highest BCUT2D eigenvalue weighted by atomic mass is 16.5. The molecule has 182 valence electrons. The van der Waals surface area contributed by atoms with E-state index in [2.05, 4.69) is 10.2 Å². The number of carbonyl (C=O) groups excluding carboxylic acids is 2. The van der Waals surface area contributed by atoms with Crippen LogP contribution in [0.4, 0.5) is 11.4 Å². The fraction of sp³-hybridized carbons (Fsp3) is 0.259. The maximum atomic E-state index is 12.8. The zero-order valence-electron chi connectivity index (χ0n) is 19.9. The van der Waals surface area contributed by atoms with E-state index in [1.165, 1.54) is 14.2 Å². The van der Waals surface area contributed by atoms with E-state index in [1.807, 2.05) is 31.3 Å². The molecule has 0 aliphatic carbocycles. The fourth-order valence-corrected chi connectivity index (χ4v) is 3.87. The molecule has 0 saturated heterocycles. The Kier molecular flexibility index (Phi) is 7.40. The van der Waals surface area contributed by atoms with Crippen molar-refractivity contribution in [3.8, 4) is 17.2 Å². The fourth-order valence-electron chi connectivity index (χ4n) is 3.87. The minimum absolute atomic E-state index is 0.0987. The first-order valence-corrected chi connectivity index (χ1v) is 11.2. The molecule has 0 fully saturated rings. The van der Waals surface area contributed by atoms with Gasteiger partial charge in [-0.25, -0.2) is 0 Å². The standard InChI is InChI=1S/C27H28N2O6/c1-29-16-21(35-25-7-5-4-6-23(25)29)17-34-20-11-9-19(10-12-20)27(31)28-22-14-18(15-26(30)33-3)8-13-24(22)32-2/h4-14,21H,15-17H2,1-3H3,(H,28,31)/t21-/m0/s1. The molecule has 1 N–H and O–H groups in total. The molecule has 0 radical (unpaired) electrons. The van der Waals surface area contributed by atoms with Crippen LogP contribution in [0.15, 0.2) is 66.7 Å². The van der Waals surface area contributed by atoms with Crippen LogP contribution < -0.4 is 24.4 Å². The largest absolute Gasteiger partial charge is 0.495 e. The predicted octanol–water partition coefficient (Wildman–Crippen LogP) is 3.94.